The van der Waals surface area contributed by atoms with Crippen molar-refractivity contribution in [3.63, 3.8) is 0 Å². The minimum atomic E-state index is -0.164. The highest BCUT2D eigenvalue weighted by Gasteiger charge is 2.16. The molecular formula is C23H22N6OS. The number of benzene rings is 2. The summed E-state index contributed by atoms with van der Waals surface area (Å²) >= 11 is 1.39. The molecule has 0 aliphatic heterocycles. The van der Waals surface area contributed by atoms with Crippen molar-refractivity contribution in [3.8, 4) is 10.6 Å². The lowest BCUT2D eigenvalue weighted by atomic mass is 10.2. The molecule has 2 aromatic carbocycles. The Morgan fingerprint density at radius 1 is 1.00 bits per heavy atom. The van der Waals surface area contributed by atoms with Gasteiger partial charge in [-0.15, -0.1) is 16.4 Å². The number of aromatic nitrogens is 3. The van der Waals surface area contributed by atoms with Crippen LogP contribution >= 0.6 is 11.3 Å². The van der Waals surface area contributed by atoms with Crippen LogP contribution in [0.1, 0.15) is 15.4 Å². The fourth-order valence-corrected chi connectivity index (χ4v) is 3.91. The van der Waals surface area contributed by atoms with Gasteiger partial charge in [-0.3, -0.25) is 4.79 Å². The Morgan fingerprint density at radius 3 is 2.42 bits per heavy atom. The Labute approximate surface area is 184 Å². The standard InChI is InChI=1S/C23H22N6OS/c1-15-21(31-23(25-15)16-7-5-4-6-8-16)22(30)27-18-11-9-17(10-12-18)26-20-13-19(29(2)3)14-24-28-20/h4-14H,1-3H3,(H,26,28)(H,27,30). The van der Waals surface area contributed by atoms with Crippen molar-refractivity contribution >= 4 is 40.1 Å². The van der Waals surface area contributed by atoms with Crippen LogP contribution in [0, 0.1) is 6.92 Å². The lowest BCUT2D eigenvalue weighted by Crippen LogP contribution is -2.11. The van der Waals surface area contributed by atoms with Gasteiger partial charge in [0.05, 0.1) is 17.6 Å². The first kappa shape index (κ1) is 20.5. The molecule has 0 bridgehead atoms. The second-order valence-electron chi connectivity index (χ2n) is 7.15. The highest BCUT2D eigenvalue weighted by atomic mass is 32.1. The summed E-state index contributed by atoms with van der Waals surface area (Å²) in [6, 6.07) is 19.2. The number of nitrogens with one attached hydrogen (secondary N) is 2. The number of carbonyl (C=O) groups excluding carboxylic acids is 1. The summed E-state index contributed by atoms with van der Waals surface area (Å²) in [6.07, 6.45) is 1.70. The largest absolute Gasteiger partial charge is 0.376 e. The fraction of sp³-hybridized carbons (Fsp3) is 0.130. The van der Waals surface area contributed by atoms with E-state index in [2.05, 4.69) is 25.8 Å². The summed E-state index contributed by atoms with van der Waals surface area (Å²) in [6.45, 7) is 1.85. The van der Waals surface area contributed by atoms with E-state index in [0.29, 0.717) is 16.4 Å². The summed E-state index contributed by atoms with van der Waals surface area (Å²) in [5.41, 5.74) is 4.24. The lowest BCUT2D eigenvalue weighted by molar-refractivity contribution is 0.103. The molecule has 2 heterocycles. The second-order valence-corrected chi connectivity index (χ2v) is 8.15. The van der Waals surface area contributed by atoms with Crippen LogP contribution in [0.5, 0.6) is 0 Å². The Kier molecular flexibility index (Phi) is 5.90. The molecule has 0 radical (unpaired) electrons. The van der Waals surface area contributed by atoms with E-state index >= 15 is 0 Å². The zero-order valence-electron chi connectivity index (χ0n) is 17.5. The number of hydrogen-bond donors (Lipinski definition) is 2. The van der Waals surface area contributed by atoms with Gasteiger partial charge in [0.25, 0.3) is 5.91 Å². The number of rotatable bonds is 6. The third-order valence-electron chi connectivity index (χ3n) is 4.60. The van der Waals surface area contributed by atoms with E-state index < -0.39 is 0 Å². The first-order valence-electron chi connectivity index (χ1n) is 9.71. The van der Waals surface area contributed by atoms with Gasteiger partial charge < -0.3 is 15.5 Å². The number of carbonyl (C=O) groups is 1. The second kappa shape index (κ2) is 8.93. The van der Waals surface area contributed by atoms with Crippen LogP contribution in [0.2, 0.25) is 0 Å². The maximum Gasteiger partial charge on any atom is 0.267 e. The summed E-state index contributed by atoms with van der Waals surface area (Å²) in [7, 11) is 3.90. The highest BCUT2D eigenvalue weighted by molar-refractivity contribution is 7.17. The van der Waals surface area contributed by atoms with E-state index in [9.17, 15) is 4.79 Å². The molecule has 0 spiro atoms. The average Bonchev–Trinajstić information content (AvgIpc) is 3.18. The predicted molar refractivity (Wildman–Crippen MR) is 126 cm³/mol. The van der Waals surface area contributed by atoms with Crippen molar-refractivity contribution in [3.05, 3.63) is 77.4 Å². The molecule has 31 heavy (non-hydrogen) atoms. The van der Waals surface area contributed by atoms with E-state index in [1.165, 1.54) is 11.3 Å². The van der Waals surface area contributed by atoms with Crippen molar-refractivity contribution in [2.75, 3.05) is 29.6 Å². The molecule has 4 aromatic rings. The minimum Gasteiger partial charge on any atom is -0.376 e. The minimum absolute atomic E-state index is 0.164. The van der Waals surface area contributed by atoms with Gasteiger partial charge in [0.2, 0.25) is 0 Å². The van der Waals surface area contributed by atoms with Gasteiger partial charge in [-0.2, -0.15) is 5.10 Å². The molecule has 0 aliphatic rings. The normalized spacial score (nSPS) is 10.5. The molecule has 0 saturated heterocycles. The Bertz CT molecular complexity index is 1190. The molecule has 2 N–H and O–H groups in total. The molecule has 7 nitrogen and oxygen atoms in total. The van der Waals surface area contributed by atoms with Crippen molar-refractivity contribution in [2.45, 2.75) is 6.92 Å². The van der Waals surface area contributed by atoms with E-state index in [4.69, 9.17) is 0 Å². The van der Waals surface area contributed by atoms with Crippen molar-refractivity contribution < 1.29 is 4.79 Å². The third kappa shape index (κ3) is 4.87. The van der Waals surface area contributed by atoms with E-state index in [-0.39, 0.29) is 5.91 Å². The van der Waals surface area contributed by atoms with E-state index in [1.54, 1.807) is 6.20 Å². The molecule has 8 heteroatoms. The smallest absolute Gasteiger partial charge is 0.267 e. The van der Waals surface area contributed by atoms with Gasteiger partial charge in [-0.25, -0.2) is 4.98 Å². The van der Waals surface area contributed by atoms with Gasteiger partial charge >= 0.3 is 0 Å². The topological polar surface area (TPSA) is 83.0 Å². The molecule has 0 fully saturated rings. The fourth-order valence-electron chi connectivity index (χ4n) is 2.95. The van der Waals surface area contributed by atoms with Gasteiger partial charge in [0.1, 0.15) is 9.88 Å². The average molecular weight is 431 g/mol. The zero-order valence-corrected chi connectivity index (χ0v) is 18.3. The number of hydrogen-bond acceptors (Lipinski definition) is 7. The van der Waals surface area contributed by atoms with Crippen LogP contribution in [0.25, 0.3) is 10.6 Å². The summed E-state index contributed by atoms with van der Waals surface area (Å²) < 4.78 is 0. The maximum atomic E-state index is 12.8. The van der Waals surface area contributed by atoms with Gasteiger partial charge in [-0.1, -0.05) is 30.3 Å². The van der Waals surface area contributed by atoms with Gasteiger partial charge in [-0.05, 0) is 31.2 Å². The van der Waals surface area contributed by atoms with Crippen LogP contribution in [0.15, 0.2) is 66.9 Å². The molecule has 4 rings (SSSR count). The molecule has 0 aliphatic carbocycles. The molecule has 1 amide bonds. The molecule has 0 unspecified atom stereocenters. The van der Waals surface area contributed by atoms with Crippen LogP contribution < -0.4 is 15.5 Å². The van der Waals surface area contributed by atoms with Gasteiger partial charge in [0, 0.05) is 37.1 Å². The molecule has 0 atom stereocenters. The van der Waals surface area contributed by atoms with Gasteiger partial charge in [0.15, 0.2) is 5.82 Å². The quantitative estimate of drug-likeness (QED) is 0.449. The first-order chi connectivity index (χ1) is 15.0. The molecule has 156 valence electrons. The van der Waals surface area contributed by atoms with E-state index in [0.717, 1.165) is 27.6 Å². The number of amides is 1. The molecular weight excluding hydrogens is 408 g/mol. The molecule has 2 aromatic heterocycles. The molecule has 0 saturated carbocycles. The zero-order chi connectivity index (χ0) is 21.8. The Hall–Kier alpha value is -3.78. The van der Waals surface area contributed by atoms with Crippen molar-refractivity contribution in [1.29, 1.82) is 0 Å². The van der Waals surface area contributed by atoms with Crippen molar-refractivity contribution in [2.24, 2.45) is 0 Å². The maximum absolute atomic E-state index is 12.8. The van der Waals surface area contributed by atoms with Crippen LogP contribution in [-0.4, -0.2) is 35.2 Å². The number of aryl methyl sites for hydroxylation is 1. The lowest BCUT2D eigenvalue weighted by Gasteiger charge is -2.13. The number of thiazole rings is 1. The summed E-state index contributed by atoms with van der Waals surface area (Å²) in [5, 5.41) is 15.1. The monoisotopic (exact) mass is 430 g/mol. The summed E-state index contributed by atoms with van der Waals surface area (Å²) in [5.74, 6) is 0.485. The van der Waals surface area contributed by atoms with Crippen molar-refractivity contribution in [1.82, 2.24) is 15.2 Å². The number of nitrogens with zero attached hydrogens (tertiary/aromatic N) is 4. The van der Waals surface area contributed by atoms with E-state index in [1.807, 2.05) is 86.6 Å². The Morgan fingerprint density at radius 2 is 1.71 bits per heavy atom. The summed E-state index contributed by atoms with van der Waals surface area (Å²) in [4.78, 5) is 19.9. The van der Waals surface area contributed by atoms with Crippen LogP contribution in [0.4, 0.5) is 22.9 Å². The third-order valence-corrected chi connectivity index (χ3v) is 5.80. The number of anilines is 4. The first-order valence-corrected chi connectivity index (χ1v) is 10.5. The van der Waals surface area contributed by atoms with Crippen LogP contribution in [0.3, 0.4) is 0 Å². The van der Waals surface area contributed by atoms with Crippen LogP contribution in [-0.2, 0) is 0 Å². The highest BCUT2D eigenvalue weighted by Crippen LogP contribution is 2.28. The SMILES string of the molecule is Cc1nc(-c2ccccc2)sc1C(=O)Nc1ccc(Nc2cc(N(C)C)cnn2)cc1. The Balaban J connectivity index is 1.44. The predicted octanol–water partition coefficient (Wildman–Crippen LogP) is 4.97.